The van der Waals surface area contributed by atoms with Crippen LogP contribution in [-0.4, -0.2) is 28.8 Å². The van der Waals surface area contributed by atoms with Gasteiger partial charge in [-0.1, -0.05) is 30.3 Å². The molecule has 1 aliphatic heterocycles. The molecule has 2 aliphatic rings. The first-order chi connectivity index (χ1) is 10.8. The van der Waals surface area contributed by atoms with Crippen LogP contribution in [0.15, 0.2) is 42.6 Å². The predicted molar refractivity (Wildman–Crippen MR) is 84.7 cm³/mol. The van der Waals surface area contributed by atoms with E-state index in [0.29, 0.717) is 17.8 Å². The Bertz CT molecular complexity index is 660. The zero-order chi connectivity index (χ0) is 14.9. The number of aromatic nitrogens is 2. The number of nitrogens with zero attached hydrogens (tertiary/aromatic N) is 2. The maximum absolute atomic E-state index is 12.3. The van der Waals surface area contributed by atoms with Crippen LogP contribution >= 0.6 is 0 Å². The number of hydrogen-bond donors (Lipinski definition) is 2. The molecule has 2 heterocycles. The molecule has 1 aliphatic carbocycles. The lowest BCUT2D eigenvalue weighted by molar-refractivity contribution is -0.117. The Hall–Kier alpha value is -2.14. The Morgan fingerprint density at radius 3 is 2.91 bits per heavy atom. The average Bonchev–Trinajstić information content (AvgIpc) is 2.95. The van der Waals surface area contributed by atoms with Gasteiger partial charge in [-0.3, -0.25) is 9.48 Å². The average molecular weight is 296 g/mol. The van der Waals surface area contributed by atoms with E-state index in [1.165, 1.54) is 5.56 Å². The van der Waals surface area contributed by atoms with E-state index in [0.717, 1.165) is 25.9 Å². The third kappa shape index (κ3) is 2.64. The van der Waals surface area contributed by atoms with Crippen molar-refractivity contribution >= 4 is 11.7 Å². The maximum Gasteiger partial charge on any atom is 0.229 e. The van der Waals surface area contributed by atoms with Crippen molar-refractivity contribution in [3.05, 3.63) is 48.2 Å². The fourth-order valence-corrected chi connectivity index (χ4v) is 3.25. The normalized spacial score (nSPS) is 26.8. The van der Waals surface area contributed by atoms with Crippen LogP contribution in [-0.2, 0) is 4.79 Å². The minimum absolute atomic E-state index is 0.0840. The quantitative estimate of drug-likeness (QED) is 0.909. The van der Waals surface area contributed by atoms with Gasteiger partial charge in [-0.25, -0.2) is 0 Å². The summed E-state index contributed by atoms with van der Waals surface area (Å²) < 4.78 is 1.96. The fraction of sp³-hybridized carbons (Fsp3) is 0.412. The summed E-state index contributed by atoms with van der Waals surface area (Å²) in [6.45, 7) is 1.99. The Kier molecular flexibility index (Phi) is 3.42. The lowest BCUT2D eigenvalue weighted by Crippen LogP contribution is -2.17. The molecular formula is C17H20N4O. The highest BCUT2D eigenvalue weighted by molar-refractivity contribution is 5.94. The third-order valence-electron chi connectivity index (χ3n) is 4.62. The van der Waals surface area contributed by atoms with E-state index in [9.17, 15) is 4.79 Å². The molecule has 1 saturated heterocycles. The summed E-state index contributed by atoms with van der Waals surface area (Å²) in [6.07, 6.45) is 3.98. The number of carbonyl (C=O) groups excluding carboxylic acids is 1. The number of rotatable bonds is 4. The molecule has 2 fully saturated rings. The van der Waals surface area contributed by atoms with Crippen LogP contribution in [0.4, 0.5) is 5.82 Å². The molecule has 1 saturated carbocycles. The van der Waals surface area contributed by atoms with E-state index < -0.39 is 0 Å². The zero-order valence-corrected chi connectivity index (χ0v) is 12.4. The van der Waals surface area contributed by atoms with Gasteiger partial charge in [0, 0.05) is 24.7 Å². The van der Waals surface area contributed by atoms with E-state index in [4.69, 9.17) is 0 Å². The van der Waals surface area contributed by atoms with Crippen LogP contribution in [0.5, 0.6) is 0 Å². The van der Waals surface area contributed by atoms with Crippen LogP contribution in [0.3, 0.4) is 0 Å². The minimum Gasteiger partial charge on any atom is -0.315 e. The van der Waals surface area contributed by atoms with E-state index in [-0.39, 0.29) is 11.8 Å². The van der Waals surface area contributed by atoms with Gasteiger partial charge in [0.25, 0.3) is 0 Å². The molecule has 4 rings (SSSR count). The van der Waals surface area contributed by atoms with Gasteiger partial charge in [0.2, 0.25) is 5.91 Å². The summed E-state index contributed by atoms with van der Waals surface area (Å²) in [4.78, 5) is 12.3. The lowest BCUT2D eigenvalue weighted by atomic mass is 10.1. The van der Waals surface area contributed by atoms with Crippen molar-refractivity contribution in [2.75, 3.05) is 18.4 Å². The third-order valence-corrected chi connectivity index (χ3v) is 4.62. The molecule has 22 heavy (non-hydrogen) atoms. The molecule has 1 aromatic carbocycles. The smallest absolute Gasteiger partial charge is 0.229 e. The highest BCUT2D eigenvalue weighted by atomic mass is 16.2. The highest BCUT2D eigenvalue weighted by Crippen LogP contribution is 2.47. The molecular weight excluding hydrogens is 276 g/mol. The molecule has 3 atom stereocenters. The van der Waals surface area contributed by atoms with Gasteiger partial charge in [-0.05, 0) is 30.9 Å². The maximum atomic E-state index is 12.3. The summed E-state index contributed by atoms with van der Waals surface area (Å²) in [5.41, 5.74) is 1.25. The van der Waals surface area contributed by atoms with Crippen LogP contribution in [0.25, 0.3) is 0 Å². The highest BCUT2D eigenvalue weighted by Gasteiger charge is 2.43. The molecule has 114 valence electrons. The summed E-state index contributed by atoms with van der Waals surface area (Å²) >= 11 is 0. The van der Waals surface area contributed by atoms with Crippen molar-refractivity contribution in [3.63, 3.8) is 0 Å². The van der Waals surface area contributed by atoms with E-state index in [1.807, 2.05) is 35.1 Å². The Balaban J connectivity index is 1.37. The van der Waals surface area contributed by atoms with Gasteiger partial charge in [0.15, 0.2) is 5.82 Å². The van der Waals surface area contributed by atoms with Crippen LogP contribution in [0, 0.1) is 5.92 Å². The van der Waals surface area contributed by atoms with E-state index in [1.54, 1.807) is 0 Å². The molecule has 0 bridgehead atoms. The van der Waals surface area contributed by atoms with Gasteiger partial charge in [0.1, 0.15) is 0 Å². The lowest BCUT2D eigenvalue weighted by Gasteiger charge is -2.08. The van der Waals surface area contributed by atoms with Crippen molar-refractivity contribution in [2.24, 2.45) is 5.92 Å². The largest absolute Gasteiger partial charge is 0.315 e. The Labute approximate surface area is 129 Å². The number of anilines is 1. The van der Waals surface area contributed by atoms with Crippen molar-refractivity contribution in [2.45, 2.75) is 24.8 Å². The molecule has 0 spiro atoms. The monoisotopic (exact) mass is 296 g/mol. The number of carbonyl (C=O) groups is 1. The van der Waals surface area contributed by atoms with Crippen molar-refractivity contribution in [1.82, 2.24) is 15.1 Å². The van der Waals surface area contributed by atoms with Crippen molar-refractivity contribution < 1.29 is 4.79 Å². The summed E-state index contributed by atoms with van der Waals surface area (Å²) in [7, 11) is 0. The second kappa shape index (κ2) is 5.57. The van der Waals surface area contributed by atoms with Gasteiger partial charge < -0.3 is 10.6 Å². The Morgan fingerprint density at radius 2 is 2.14 bits per heavy atom. The van der Waals surface area contributed by atoms with Gasteiger partial charge in [-0.2, -0.15) is 5.10 Å². The number of hydrogen-bond acceptors (Lipinski definition) is 3. The zero-order valence-electron chi connectivity index (χ0n) is 12.4. The predicted octanol–water partition coefficient (Wildman–Crippen LogP) is 2.16. The van der Waals surface area contributed by atoms with Gasteiger partial charge >= 0.3 is 0 Å². The molecule has 5 nitrogen and oxygen atoms in total. The van der Waals surface area contributed by atoms with Crippen LogP contribution in [0.1, 0.15) is 30.4 Å². The number of benzene rings is 1. The fourth-order valence-electron chi connectivity index (χ4n) is 3.25. The minimum atomic E-state index is 0.0840. The number of amides is 1. The van der Waals surface area contributed by atoms with Gasteiger partial charge in [0.05, 0.1) is 6.04 Å². The topological polar surface area (TPSA) is 59.0 Å². The molecule has 0 radical (unpaired) electrons. The molecule has 1 amide bonds. The molecule has 2 aromatic rings. The van der Waals surface area contributed by atoms with E-state index >= 15 is 0 Å². The first-order valence-electron chi connectivity index (χ1n) is 7.93. The first kappa shape index (κ1) is 13.5. The summed E-state index contributed by atoms with van der Waals surface area (Å²) in [5.74, 6) is 1.20. The second-order valence-corrected chi connectivity index (χ2v) is 6.18. The van der Waals surface area contributed by atoms with Crippen LogP contribution < -0.4 is 10.6 Å². The number of nitrogens with one attached hydrogen (secondary N) is 2. The first-order valence-corrected chi connectivity index (χ1v) is 7.93. The van der Waals surface area contributed by atoms with E-state index in [2.05, 4.69) is 27.9 Å². The molecule has 2 N–H and O–H groups in total. The SMILES string of the molecule is O=C(Nc1ccn(C2CCNC2)n1)C1CC1c1ccccc1. The van der Waals surface area contributed by atoms with Gasteiger partial charge in [-0.15, -0.1) is 0 Å². The molecule has 5 heteroatoms. The Morgan fingerprint density at radius 1 is 1.27 bits per heavy atom. The molecule has 1 aromatic heterocycles. The molecule has 3 unspecified atom stereocenters. The summed E-state index contributed by atoms with van der Waals surface area (Å²) in [5, 5.41) is 10.8. The second-order valence-electron chi connectivity index (χ2n) is 6.18. The summed E-state index contributed by atoms with van der Waals surface area (Å²) in [6, 6.07) is 12.5. The standard InChI is InChI=1S/C17H20N4O/c22-17(15-10-14(15)12-4-2-1-3-5-12)19-16-7-9-21(20-16)13-6-8-18-11-13/h1-5,7,9,13-15,18H,6,8,10-11H2,(H,19,20,22). The van der Waals surface area contributed by atoms with Crippen molar-refractivity contribution in [1.29, 1.82) is 0 Å². The van der Waals surface area contributed by atoms with Crippen molar-refractivity contribution in [3.8, 4) is 0 Å². The van der Waals surface area contributed by atoms with Crippen LogP contribution in [0.2, 0.25) is 0 Å².